The highest BCUT2D eigenvalue weighted by Gasteiger charge is 2.49. The van der Waals surface area contributed by atoms with Gasteiger partial charge in [0, 0.05) is 5.56 Å². The van der Waals surface area contributed by atoms with E-state index in [-0.39, 0.29) is 11.5 Å². The summed E-state index contributed by atoms with van der Waals surface area (Å²) in [4.78, 5) is 13.1. The third kappa shape index (κ3) is 7.18. The van der Waals surface area contributed by atoms with Gasteiger partial charge in [-0.05, 0) is 49.1 Å². The molecule has 15 heteroatoms. The molecule has 39 heavy (non-hydrogen) atoms. The summed E-state index contributed by atoms with van der Waals surface area (Å²) in [6.45, 7) is 0. The normalized spacial score (nSPS) is 16.2. The lowest BCUT2D eigenvalue weighted by Gasteiger charge is -2.26. The summed E-state index contributed by atoms with van der Waals surface area (Å²) in [5, 5.41) is 20.6. The number of carbonyl (C=O) groups is 1. The Balaban J connectivity index is 1.62. The van der Waals surface area contributed by atoms with Gasteiger partial charge in [0.05, 0.1) is 17.1 Å². The zero-order valence-electron chi connectivity index (χ0n) is 19.6. The SMILES string of the molecule is N#CC1(NC(=O)[C@H](Cc2ccc(OC(F)(F)F)c(Cl)c2)NC(c2nnc(-c3ccccc3)o2)C(F)(F)F)CC1. The van der Waals surface area contributed by atoms with Gasteiger partial charge in [-0.25, -0.2) is 0 Å². The van der Waals surface area contributed by atoms with Crippen LogP contribution < -0.4 is 15.4 Å². The van der Waals surface area contributed by atoms with Gasteiger partial charge in [-0.1, -0.05) is 35.9 Å². The predicted octanol–water partition coefficient (Wildman–Crippen LogP) is 5.27. The van der Waals surface area contributed by atoms with Crippen LogP contribution in [0.15, 0.2) is 52.9 Å². The molecular weight excluding hydrogens is 556 g/mol. The van der Waals surface area contributed by atoms with Crippen LogP contribution in [0.4, 0.5) is 26.3 Å². The number of aromatic nitrogens is 2. The van der Waals surface area contributed by atoms with Crippen molar-refractivity contribution in [1.82, 2.24) is 20.8 Å². The van der Waals surface area contributed by atoms with Gasteiger partial charge < -0.3 is 14.5 Å². The molecule has 8 nitrogen and oxygen atoms in total. The van der Waals surface area contributed by atoms with E-state index in [0.29, 0.717) is 18.4 Å². The van der Waals surface area contributed by atoms with E-state index in [1.165, 1.54) is 0 Å². The summed E-state index contributed by atoms with van der Waals surface area (Å²) in [6, 6.07) is 8.74. The standard InChI is InChI=1S/C24H18ClF6N5O3/c25-15-10-13(6-7-17(15)39-24(29,30)31)11-16(19(37)34-22(12-32)8-9-22)33-18(23(26,27)28)21-36-35-20(38-21)14-4-2-1-3-5-14/h1-7,10,16,18,33H,8-9,11H2,(H,34,37)/t16-,18?/m0/s1. The Labute approximate surface area is 221 Å². The smallest absolute Gasteiger partial charge is 0.419 e. The van der Waals surface area contributed by atoms with Crippen LogP contribution >= 0.6 is 11.6 Å². The molecule has 2 N–H and O–H groups in total. The summed E-state index contributed by atoms with van der Waals surface area (Å²) in [6.07, 6.45) is -9.86. The Hall–Kier alpha value is -3.83. The molecule has 0 bridgehead atoms. The molecule has 0 radical (unpaired) electrons. The highest BCUT2D eigenvalue weighted by atomic mass is 35.5. The van der Waals surface area contributed by atoms with Gasteiger partial charge in [0.25, 0.3) is 0 Å². The molecular formula is C24H18ClF6N5O3. The first-order valence-corrected chi connectivity index (χ1v) is 11.7. The van der Waals surface area contributed by atoms with Crippen molar-refractivity contribution < 1.29 is 40.3 Å². The number of halogens is 7. The number of amides is 1. The van der Waals surface area contributed by atoms with Crippen LogP contribution in [0, 0.1) is 11.3 Å². The predicted molar refractivity (Wildman–Crippen MR) is 123 cm³/mol. The number of nitrogens with one attached hydrogen (secondary N) is 2. The lowest BCUT2D eigenvalue weighted by atomic mass is 10.0. The average Bonchev–Trinajstić information content (AvgIpc) is 3.46. The summed E-state index contributed by atoms with van der Waals surface area (Å²) >= 11 is 5.87. The first kappa shape index (κ1) is 28.2. The fourth-order valence-corrected chi connectivity index (χ4v) is 3.85. The highest BCUT2D eigenvalue weighted by molar-refractivity contribution is 6.32. The second kappa shape index (κ2) is 10.7. The van der Waals surface area contributed by atoms with Crippen LogP contribution in [-0.4, -0.2) is 40.2 Å². The maximum Gasteiger partial charge on any atom is 0.573 e. The molecule has 1 aromatic heterocycles. The molecule has 1 aliphatic carbocycles. The number of nitrogens with zero attached hydrogens (tertiary/aromatic N) is 3. The molecule has 1 amide bonds. The first-order valence-electron chi connectivity index (χ1n) is 11.3. The zero-order chi connectivity index (χ0) is 28.4. The molecule has 206 valence electrons. The maximum absolute atomic E-state index is 14.2. The zero-order valence-corrected chi connectivity index (χ0v) is 20.4. The van der Waals surface area contributed by atoms with E-state index in [1.807, 2.05) is 6.07 Å². The molecule has 2 atom stereocenters. The Morgan fingerprint density at radius 3 is 2.38 bits per heavy atom. The third-order valence-corrected chi connectivity index (χ3v) is 6.00. The number of hydrogen-bond donors (Lipinski definition) is 2. The minimum absolute atomic E-state index is 0.111. The monoisotopic (exact) mass is 573 g/mol. The molecule has 2 aromatic carbocycles. The summed E-state index contributed by atoms with van der Waals surface area (Å²) in [5.74, 6) is -2.72. The second-order valence-electron chi connectivity index (χ2n) is 8.71. The van der Waals surface area contributed by atoms with Gasteiger partial charge in [0.1, 0.15) is 11.3 Å². The molecule has 1 fully saturated rings. The number of nitriles is 1. The molecule has 0 saturated heterocycles. The molecule has 0 spiro atoms. The fraction of sp³-hybridized carbons (Fsp3) is 0.333. The Morgan fingerprint density at radius 2 is 1.82 bits per heavy atom. The van der Waals surface area contributed by atoms with Crippen molar-refractivity contribution in [3.8, 4) is 23.3 Å². The van der Waals surface area contributed by atoms with Gasteiger partial charge in [-0.15, -0.1) is 23.4 Å². The molecule has 3 aromatic rings. The van der Waals surface area contributed by atoms with E-state index in [9.17, 15) is 36.4 Å². The van der Waals surface area contributed by atoms with Gasteiger partial charge in [0.2, 0.25) is 17.7 Å². The maximum atomic E-state index is 14.2. The summed E-state index contributed by atoms with van der Waals surface area (Å²) in [5.41, 5.74) is -0.732. The third-order valence-electron chi connectivity index (χ3n) is 5.71. The Morgan fingerprint density at radius 1 is 1.13 bits per heavy atom. The van der Waals surface area contributed by atoms with Crippen LogP contribution in [0.5, 0.6) is 5.75 Å². The van der Waals surface area contributed by atoms with Gasteiger partial charge in [-0.3, -0.25) is 10.1 Å². The van der Waals surface area contributed by atoms with Crippen molar-refractivity contribution in [1.29, 1.82) is 5.26 Å². The number of benzene rings is 2. The quantitative estimate of drug-likeness (QED) is 0.336. The molecule has 1 unspecified atom stereocenters. The van der Waals surface area contributed by atoms with Crippen LogP contribution in [0.2, 0.25) is 5.02 Å². The number of rotatable bonds is 9. The van der Waals surface area contributed by atoms with Crippen LogP contribution in [0.25, 0.3) is 11.5 Å². The van der Waals surface area contributed by atoms with Crippen LogP contribution in [0.1, 0.15) is 30.3 Å². The van der Waals surface area contributed by atoms with E-state index >= 15 is 0 Å². The number of ether oxygens (including phenoxy) is 1. The molecule has 4 rings (SSSR count). The first-order chi connectivity index (χ1) is 18.3. The number of alkyl halides is 6. The van der Waals surface area contributed by atoms with E-state index in [1.54, 1.807) is 30.3 Å². The molecule has 1 saturated carbocycles. The number of carbonyl (C=O) groups excluding carboxylic acids is 1. The fourth-order valence-electron chi connectivity index (χ4n) is 3.61. The second-order valence-corrected chi connectivity index (χ2v) is 9.11. The van der Waals surface area contributed by atoms with Crippen LogP contribution in [-0.2, 0) is 11.2 Å². The van der Waals surface area contributed by atoms with Crippen molar-refractivity contribution >= 4 is 17.5 Å². The van der Waals surface area contributed by atoms with Crippen molar-refractivity contribution in [2.45, 2.75) is 49.4 Å². The van der Waals surface area contributed by atoms with Gasteiger partial charge in [0.15, 0.2) is 6.04 Å². The Bertz CT molecular complexity index is 1370. The number of hydrogen-bond acceptors (Lipinski definition) is 7. The van der Waals surface area contributed by atoms with Gasteiger partial charge in [-0.2, -0.15) is 18.4 Å². The lowest BCUT2D eigenvalue weighted by Crippen LogP contribution is -2.52. The minimum atomic E-state index is -5.02. The van der Waals surface area contributed by atoms with E-state index in [0.717, 1.165) is 18.2 Å². The van der Waals surface area contributed by atoms with Crippen LogP contribution in [0.3, 0.4) is 0 Å². The van der Waals surface area contributed by atoms with E-state index < -0.39 is 59.2 Å². The minimum Gasteiger partial charge on any atom is -0.419 e. The van der Waals surface area contributed by atoms with E-state index in [4.69, 9.17) is 16.0 Å². The summed E-state index contributed by atoms with van der Waals surface area (Å²) < 4.78 is 89.2. The van der Waals surface area contributed by atoms with Crippen molar-refractivity contribution in [2.24, 2.45) is 0 Å². The van der Waals surface area contributed by atoms with Gasteiger partial charge >= 0.3 is 12.5 Å². The Kier molecular flexibility index (Phi) is 7.76. The topological polar surface area (TPSA) is 113 Å². The lowest BCUT2D eigenvalue weighted by molar-refractivity contribution is -0.274. The average molecular weight is 574 g/mol. The largest absolute Gasteiger partial charge is 0.573 e. The highest BCUT2D eigenvalue weighted by Crippen LogP contribution is 2.37. The van der Waals surface area contributed by atoms with Crippen molar-refractivity contribution in [3.05, 3.63) is 65.0 Å². The molecule has 1 aliphatic rings. The summed E-state index contributed by atoms with van der Waals surface area (Å²) in [7, 11) is 0. The van der Waals surface area contributed by atoms with Crippen molar-refractivity contribution in [2.75, 3.05) is 0 Å². The van der Waals surface area contributed by atoms with E-state index in [2.05, 4.69) is 25.6 Å². The molecule has 1 heterocycles. The van der Waals surface area contributed by atoms with Crippen molar-refractivity contribution in [3.63, 3.8) is 0 Å². The molecule has 0 aliphatic heterocycles.